The molecule has 0 aliphatic carbocycles. The summed E-state index contributed by atoms with van der Waals surface area (Å²) in [7, 11) is -2.19. The molecular weight excluding hydrogens is 392 g/mol. The van der Waals surface area contributed by atoms with Gasteiger partial charge in [0.2, 0.25) is 0 Å². The number of sulfonamides is 1. The third-order valence-electron chi connectivity index (χ3n) is 4.28. The third kappa shape index (κ3) is 3.72. The Morgan fingerprint density at radius 1 is 1.00 bits per heavy atom. The number of hydrogen-bond donors (Lipinski definition) is 1. The number of methoxy groups -OCH3 is 1. The molecule has 0 fully saturated rings. The molecule has 5 nitrogen and oxygen atoms in total. The first-order chi connectivity index (χ1) is 13.4. The van der Waals surface area contributed by atoms with Crippen molar-refractivity contribution in [1.82, 2.24) is 4.98 Å². The first kappa shape index (κ1) is 18.5. The minimum Gasteiger partial charge on any atom is -0.497 e. The van der Waals surface area contributed by atoms with Crippen molar-refractivity contribution in [3.05, 3.63) is 72.3 Å². The average molecular weight is 411 g/mol. The maximum absolute atomic E-state index is 12.6. The molecule has 0 bridgehead atoms. The van der Waals surface area contributed by atoms with Gasteiger partial charge in [-0.15, -0.1) is 11.3 Å². The van der Waals surface area contributed by atoms with E-state index in [-0.39, 0.29) is 4.90 Å². The summed E-state index contributed by atoms with van der Waals surface area (Å²) in [4.78, 5) is 4.81. The monoisotopic (exact) mass is 410 g/mol. The van der Waals surface area contributed by atoms with Crippen LogP contribution >= 0.6 is 11.3 Å². The lowest BCUT2D eigenvalue weighted by atomic mass is 10.2. The standard InChI is InChI=1S/C21H18N2O3S2/c1-14-6-11-19-20(12-14)27-21(22-19)15-7-9-16(10-8-15)23-28(24,25)18-5-3-4-17(13-18)26-2/h3-13,23H,1-2H3. The number of fused-ring (bicyclic) bond motifs is 1. The number of nitrogens with one attached hydrogen (secondary N) is 1. The fraction of sp³-hybridized carbons (Fsp3) is 0.0952. The van der Waals surface area contributed by atoms with Crippen LogP contribution in [0, 0.1) is 6.92 Å². The summed E-state index contributed by atoms with van der Waals surface area (Å²) in [6.07, 6.45) is 0. The average Bonchev–Trinajstić information content (AvgIpc) is 3.11. The van der Waals surface area contributed by atoms with E-state index in [1.54, 1.807) is 35.6 Å². The van der Waals surface area contributed by atoms with E-state index in [0.29, 0.717) is 11.4 Å². The minimum atomic E-state index is -3.69. The van der Waals surface area contributed by atoms with E-state index in [4.69, 9.17) is 4.74 Å². The number of rotatable bonds is 5. The molecule has 0 saturated heterocycles. The zero-order chi connectivity index (χ0) is 19.7. The van der Waals surface area contributed by atoms with Gasteiger partial charge in [0.25, 0.3) is 10.0 Å². The third-order valence-corrected chi connectivity index (χ3v) is 6.73. The second-order valence-electron chi connectivity index (χ2n) is 6.35. The van der Waals surface area contributed by atoms with Gasteiger partial charge < -0.3 is 4.74 Å². The summed E-state index contributed by atoms with van der Waals surface area (Å²) in [6, 6.07) is 19.8. The van der Waals surface area contributed by atoms with E-state index in [1.807, 2.05) is 24.3 Å². The van der Waals surface area contributed by atoms with Gasteiger partial charge in [-0.25, -0.2) is 13.4 Å². The SMILES string of the molecule is COc1cccc(S(=O)(=O)Nc2ccc(-c3nc4ccc(C)cc4s3)cc2)c1. The fourth-order valence-corrected chi connectivity index (χ4v) is 4.98. The Morgan fingerprint density at radius 2 is 1.79 bits per heavy atom. The van der Waals surface area contributed by atoms with Crippen molar-refractivity contribution in [2.45, 2.75) is 11.8 Å². The Balaban J connectivity index is 1.58. The fourth-order valence-electron chi connectivity index (χ4n) is 2.82. The number of anilines is 1. The lowest BCUT2D eigenvalue weighted by Crippen LogP contribution is -2.12. The van der Waals surface area contributed by atoms with Crippen LogP contribution in [0.1, 0.15) is 5.56 Å². The summed E-state index contributed by atoms with van der Waals surface area (Å²) < 4.78 is 34.0. The van der Waals surface area contributed by atoms with Gasteiger partial charge in [0.05, 0.1) is 22.2 Å². The van der Waals surface area contributed by atoms with E-state index in [9.17, 15) is 8.42 Å². The first-order valence-electron chi connectivity index (χ1n) is 8.59. The number of thiazole rings is 1. The highest BCUT2D eigenvalue weighted by Crippen LogP contribution is 2.31. The van der Waals surface area contributed by atoms with Crippen LogP contribution in [0.3, 0.4) is 0 Å². The molecule has 0 unspecified atom stereocenters. The molecule has 28 heavy (non-hydrogen) atoms. The molecule has 4 rings (SSSR count). The minimum absolute atomic E-state index is 0.150. The lowest BCUT2D eigenvalue weighted by Gasteiger charge is -2.09. The summed E-state index contributed by atoms with van der Waals surface area (Å²) in [5.41, 5.74) is 3.60. The second kappa shape index (κ2) is 7.26. The molecule has 0 atom stereocenters. The van der Waals surface area contributed by atoms with Crippen LogP contribution in [0.5, 0.6) is 5.75 Å². The van der Waals surface area contributed by atoms with Crippen LogP contribution in [0.4, 0.5) is 5.69 Å². The first-order valence-corrected chi connectivity index (χ1v) is 10.9. The van der Waals surface area contributed by atoms with Gasteiger partial charge in [-0.2, -0.15) is 0 Å². The van der Waals surface area contributed by atoms with Crippen LogP contribution in [-0.2, 0) is 10.0 Å². The topological polar surface area (TPSA) is 68.3 Å². The van der Waals surface area contributed by atoms with Crippen molar-refractivity contribution in [1.29, 1.82) is 0 Å². The van der Waals surface area contributed by atoms with Crippen molar-refractivity contribution < 1.29 is 13.2 Å². The zero-order valence-electron chi connectivity index (χ0n) is 15.3. The highest BCUT2D eigenvalue weighted by molar-refractivity contribution is 7.92. The van der Waals surface area contributed by atoms with E-state index in [0.717, 1.165) is 20.8 Å². The molecule has 1 N–H and O–H groups in total. The second-order valence-corrected chi connectivity index (χ2v) is 9.07. The van der Waals surface area contributed by atoms with Gasteiger partial charge in [0.1, 0.15) is 10.8 Å². The van der Waals surface area contributed by atoms with Crippen LogP contribution < -0.4 is 9.46 Å². The van der Waals surface area contributed by atoms with Gasteiger partial charge >= 0.3 is 0 Å². The maximum atomic E-state index is 12.6. The van der Waals surface area contributed by atoms with Gasteiger partial charge in [-0.3, -0.25) is 4.72 Å². The van der Waals surface area contributed by atoms with Crippen molar-refractivity contribution in [3.8, 4) is 16.3 Å². The molecular formula is C21H18N2O3S2. The van der Waals surface area contributed by atoms with Crippen LogP contribution in [0.2, 0.25) is 0 Å². The Bertz CT molecular complexity index is 1250. The summed E-state index contributed by atoms with van der Waals surface area (Å²) in [5.74, 6) is 0.490. The normalized spacial score (nSPS) is 11.5. The molecule has 0 aliphatic rings. The molecule has 0 saturated carbocycles. The molecule has 1 heterocycles. The van der Waals surface area contributed by atoms with Gasteiger partial charge in [0, 0.05) is 17.3 Å². The van der Waals surface area contributed by atoms with Crippen molar-refractivity contribution in [2.24, 2.45) is 0 Å². The van der Waals surface area contributed by atoms with Crippen LogP contribution in [0.15, 0.2) is 71.6 Å². The Morgan fingerprint density at radius 3 is 2.54 bits per heavy atom. The Kier molecular flexibility index (Phi) is 4.78. The Labute approximate surface area is 167 Å². The van der Waals surface area contributed by atoms with Gasteiger partial charge in [0.15, 0.2) is 0 Å². The molecule has 0 spiro atoms. The largest absolute Gasteiger partial charge is 0.497 e. The maximum Gasteiger partial charge on any atom is 0.262 e. The molecule has 0 amide bonds. The quantitative estimate of drug-likeness (QED) is 0.498. The van der Waals surface area contributed by atoms with E-state index >= 15 is 0 Å². The van der Waals surface area contributed by atoms with Gasteiger partial charge in [-0.05, 0) is 61.0 Å². The molecule has 4 aromatic rings. The van der Waals surface area contributed by atoms with Crippen molar-refractivity contribution >= 4 is 37.3 Å². The number of hydrogen-bond acceptors (Lipinski definition) is 5. The highest BCUT2D eigenvalue weighted by Gasteiger charge is 2.15. The zero-order valence-corrected chi connectivity index (χ0v) is 17.0. The summed E-state index contributed by atoms with van der Waals surface area (Å²) >= 11 is 1.62. The van der Waals surface area contributed by atoms with E-state index in [2.05, 4.69) is 22.7 Å². The predicted molar refractivity (Wildman–Crippen MR) is 114 cm³/mol. The van der Waals surface area contributed by atoms with Gasteiger partial charge in [-0.1, -0.05) is 12.1 Å². The number of benzene rings is 3. The van der Waals surface area contributed by atoms with Crippen LogP contribution in [0.25, 0.3) is 20.8 Å². The molecule has 0 aliphatic heterocycles. The number of ether oxygens (including phenoxy) is 1. The number of aromatic nitrogens is 1. The molecule has 0 radical (unpaired) electrons. The Hall–Kier alpha value is -2.90. The molecule has 142 valence electrons. The molecule has 3 aromatic carbocycles. The number of aryl methyl sites for hydroxylation is 1. The number of nitrogens with zero attached hydrogens (tertiary/aromatic N) is 1. The van der Waals surface area contributed by atoms with Crippen molar-refractivity contribution in [3.63, 3.8) is 0 Å². The van der Waals surface area contributed by atoms with Crippen molar-refractivity contribution in [2.75, 3.05) is 11.8 Å². The summed E-state index contributed by atoms with van der Waals surface area (Å²) in [5, 5.41) is 0.905. The molecule has 1 aromatic heterocycles. The highest BCUT2D eigenvalue weighted by atomic mass is 32.2. The predicted octanol–water partition coefficient (Wildman–Crippen LogP) is 5.08. The lowest BCUT2D eigenvalue weighted by molar-refractivity contribution is 0.413. The molecule has 7 heteroatoms. The summed E-state index contributed by atoms with van der Waals surface area (Å²) in [6.45, 7) is 2.06. The van der Waals surface area contributed by atoms with Crippen LogP contribution in [-0.4, -0.2) is 20.5 Å². The van der Waals surface area contributed by atoms with E-state index in [1.165, 1.54) is 24.8 Å². The van der Waals surface area contributed by atoms with E-state index < -0.39 is 10.0 Å². The smallest absolute Gasteiger partial charge is 0.262 e.